The minimum absolute atomic E-state index is 0.0372. The van der Waals surface area contributed by atoms with Crippen LogP contribution < -0.4 is 14.8 Å². The van der Waals surface area contributed by atoms with E-state index in [-0.39, 0.29) is 23.4 Å². The second kappa shape index (κ2) is 9.35. The van der Waals surface area contributed by atoms with E-state index in [1.807, 2.05) is 42.5 Å². The largest absolute Gasteiger partial charge is 0.493 e. The summed E-state index contributed by atoms with van der Waals surface area (Å²) in [5.41, 5.74) is 3.80. The van der Waals surface area contributed by atoms with Crippen LogP contribution in [0.1, 0.15) is 45.4 Å². The van der Waals surface area contributed by atoms with Crippen LogP contribution in [0.2, 0.25) is 5.02 Å². The third-order valence-electron chi connectivity index (χ3n) is 6.54. The van der Waals surface area contributed by atoms with Crippen molar-refractivity contribution in [3.63, 3.8) is 0 Å². The summed E-state index contributed by atoms with van der Waals surface area (Å²) in [5, 5.41) is 13.8. The van der Waals surface area contributed by atoms with Crippen molar-refractivity contribution < 1.29 is 19.4 Å². The number of fused-ring (bicyclic) bond motifs is 3. The fourth-order valence-electron chi connectivity index (χ4n) is 4.98. The number of carbonyl (C=O) groups is 1. The van der Waals surface area contributed by atoms with E-state index in [0.717, 1.165) is 27.6 Å². The van der Waals surface area contributed by atoms with Gasteiger partial charge in [-0.05, 0) is 69.2 Å². The zero-order chi connectivity index (χ0) is 23.8. The Balaban J connectivity index is 1.51. The molecule has 174 valence electrons. The summed E-state index contributed by atoms with van der Waals surface area (Å²) in [7, 11) is 1.63. The van der Waals surface area contributed by atoms with Gasteiger partial charge in [-0.2, -0.15) is 0 Å². The molecule has 0 saturated carbocycles. The number of hydrogen-bond donors (Lipinski definition) is 2. The molecule has 1 aliphatic heterocycles. The number of methoxy groups -OCH3 is 1. The first-order valence-corrected chi connectivity index (χ1v) is 12.2. The standard InChI is InChI=1S/C27H23BrClNO4/c1-33-22-13-16(12-20(28)26(22)34-14-15-6-3-2-4-7-15)24-18-9-5-8-17(18)23-19(27(31)32)10-11-21(29)25(23)30-24/h2-8,10-13,17-18,24,30H,9,14H2,1H3,(H,31,32)/t17-,18+,24+/m1/s1. The molecule has 0 amide bonds. The first kappa shape index (κ1) is 22.8. The van der Waals surface area contributed by atoms with E-state index in [4.69, 9.17) is 21.1 Å². The van der Waals surface area contributed by atoms with E-state index in [2.05, 4.69) is 33.4 Å². The van der Waals surface area contributed by atoms with Gasteiger partial charge in [-0.25, -0.2) is 4.79 Å². The summed E-state index contributed by atoms with van der Waals surface area (Å²) in [6, 6.07) is 17.1. The molecule has 2 aliphatic rings. The summed E-state index contributed by atoms with van der Waals surface area (Å²) in [6.45, 7) is 0.423. The first-order chi connectivity index (χ1) is 16.5. The molecule has 34 heavy (non-hydrogen) atoms. The molecule has 3 atom stereocenters. The smallest absolute Gasteiger partial charge is 0.336 e. The van der Waals surface area contributed by atoms with E-state index in [1.165, 1.54) is 0 Å². The first-order valence-electron chi connectivity index (χ1n) is 11.0. The van der Waals surface area contributed by atoms with E-state index in [1.54, 1.807) is 19.2 Å². The molecule has 7 heteroatoms. The van der Waals surface area contributed by atoms with Crippen molar-refractivity contribution >= 4 is 39.2 Å². The normalized spacial score (nSPS) is 20.3. The zero-order valence-corrected chi connectivity index (χ0v) is 20.8. The lowest BCUT2D eigenvalue weighted by Gasteiger charge is -2.38. The summed E-state index contributed by atoms with van der Waals surface area (Å²) in [4.78, 5) is 11.9. The molecule has 0 bridgehead atoms. The number of anilines is 1. The van der Waals surface area contributed by atoms with Crippen molar-refractivity contribution in [3.8, 4) is 11.5 Å². The van der Waals surface area contributed by atoms with Crippen LogP contribution in [0.15, 0.2) is 71.2 Å². The highest BCUT2D eigenvalue weighted by atomic mass is 79.9. The molecule has 3 aromatic carbocycles. The van der Waals surface area contributed by atoms with Gasteiger partial charge in [0.05, 0.1) is 33.9 Å². The lowest BCUT2D eigenvalue weighted by Crippen LogP contribution is -2.30. The van der Waals surface area contributed by atoms with Crippen molar-refractivity contribution in [2.24, 2.45) is 5.92 Å². The summed E-state index contributed by atoms with van der Waals surface area (Å²) in [5.74, 6) is 0.428. The molecule has 2 N–H and O–H groups in total. The average Bonchev–Trinajstić information content (AvgIpc) is 3.33. The maximum Gasteiger partial charge on any atom is 0.336 e. The van der Waals surface area contributed by atoms with Crippen LogP contribution in [0, 0.1) is 5.92 Å². The SMILES string of the molecule is COc1cc([C@@H]2Nc3c(Cl)ccc(C(=O)O)c3[C@@H]3C=CC[C@@H]32)cc(Br)c1OCc1ccccc1. The van der Waals surface area contributed by atoms with Gasteiger partial charge in [-0.15, -0.1) is 0 Å². The highest BCUT2D eigenvalue weighted by Crippen LogP contribution is 2.53. The zero-order valence-electron chi connectivity index (χ0n) is 18.4. The Morgan fingerprint density at radius 3 is 2.74 bits per heavy atom. The average molecular weight is 541 g/mol. The summed E-state index contributed by atoms with van der Waals surface area (Å²) >= 11 is 10.2. The number of halogens is 2. The molecule has 3 aromatic rings. The third kappa shape index (κ3) is 4.05. The Bertz CT molecular complexity index is 1280. The van der Waals surface area contributed by atoms with Gasteiger partial charge in [0, 0.05) is 5.92 Å². The number of aromatic carboxylic acids is 1. The molecule has 1 heterocycles. The molecule has 0 saturated heterocycles. The van der Waals surface area contributed by atoms with E-state index in [0.29, 0.717) is 28.8 Å². The van der Waals surface area contributed by atoms with Gasteiger partial charge in [0.15, 0.2) is 11.5 Å². The molecule has 0 spiro atoms. The highest BCUT2D eigenvalue weighted by molar-refractivity contribution is 9.10. The van der Waals surface area contributed by atoms with Crippen LogP contribution in [-0.4, -0.2) is 18.2 Å². The monoisotopic (exact) mass is 539 g/mol. The molecule has 5 nitrogen and oxygen atoms in total. The van der Waals surface area contributed by atoms with Gasteiger partial charge in [0.25, 0.3) is 0 Å². The molecule has 0 unspecified atom stereocenters. The van der Waals surface area contributed by atoms with Crippen LogP contribution in [0.25, 0.3) is 0 Å². The molecule has 0 aromatic heterocycles. The second-order valence-corrected chi connectivity index (χ2v) is 9.73. The number of rotatable bonds is 6. The molecule has 0 fully saturated rings. The van der Waals surface area contributed by atoms with Gasteiger partial charge in [-0.1, -0.05) is 54.1 Å². The van der Waals surface area contributed by atoms with Crippen molar-refractivity contribution in [2.45, 2.75) is 25.0 Å². The fraction of sp³-hybridized carbons (Fsp3) is 0.222. The predicted octanol–water partition coefficient (Wildman–Crippen LogP) is 7.21. The number of benzene rings is 3. The number of ether oxygens (including phenoxy) is 2. The number of nitrogens with one attached hydrogen (secondary N) is 1. The van der Waals surface area contributed by atoms with Gasteiger partial charge in [-0.3, -0.25) is 0 Å². The molecule has 5 rings (SSSR count). The molecule has 1 aliphatic carbocycles. The van der Waals surface area contributed by atoms with E-state index >= 15 is 0 Å². The minimum atomic E-state index is -0.948. The van der Waals surface area contributed by atoms with Crippen molar-refractivity contribution in [3.05, 3.63) is 98.5 Å². The Kier molecular flexibility index (Phi) is 6.28. The maximum atomic E-state index is 11.9. The van der Waals surface area contributed by atoms with Crippen LogP contribution in [0.4, 0.5) is 5.69 Å². The quantitative estimate of drug-likeness (QED) is 0.323. The van der Waals surface area contributed by atoms with Crippen molar-refractivity contribution in [1.82, 2.24) is 0 Å². The lowest BCUT2D eigenvalue weighted by atomic mass is 9.75. The van der Waals surface area contributed by atoms with Gasteiger partial charge in [0.2, 0.25) is 0 Å². The number of carboxylic acids is 1. The fourth-order valence-corrected chi connectivity index (χ4v) is 5.77. The third-order valence-corrected chi connectivity index (χ3v) is 7.44. The summed E-state index contributed by atoms with van der Waals surface area (Å²) in [6.07, 6.45) is 5.05. The van der Waals surface area contributed by atoms with Gasteiger partial charge in [0.1, 0.15) is 6.61 Å². The predicted molar refractivity (Wildman–Crippen MR) is 136 cm³/mol. The van der Waals surface area contributed by atoms with Gasteiger partial charge >= 0.3 is 5.97 Å². The van der Waals surface area contributed by atoms with Crippen LogP contribution in [0.5, 0.6) is 11.5 Å². The van der Waals surface area contributed by atoms with E-state index < -0.39 is 5.97 Å². The Labute approximate surface area is 211 Å². The second-order valence-electron chi connectivity index (χ2n) is 8.47. The Hall–Kier alpha value is -2.96. The maximum absolute atomic E-state index is 11.9. The van der Waals surface area contributed by atoms with Crippen LogP contribution in [0.3, 0.4) is 0 Å². The van der Waals surface area contributed by atoms with Crippen LogP contribution in [-0.2, 0) is 6.61 Å². The Morgan fingerprint density at radius 2 is 2.00 bits per heavy atom. The highest BCUT2D eigenvalue weighted by Gasteiger charge is 2.41. The number of hydrogen-bond acceptors (Lipinski definition) is 4. The Morgan fingerprint density at radius 1 is 1.21 bits per heavy atom. The lowest BCUT2D eigenvalue weighted by molar-refractivity contribution is 0.0695. The van der Waals surface area contributed by atoms with Crippen molar-refractivity contribution in [2.75, 3.05) is 12.4 Å². The topological polar surface area (TPSA) is 67.8 Å². The van der Waals surface area contributed by atoms with Gasteiger partial charge < -0.3 is 19.9 Å². The summed E-state index contributed by atoms with van der Waals surface area (Å²) < 4.78 is 12.6. The number of carboxylic acid groups (broad SMARTS) is 1. The van der Waals surface area contributed by atoms with E-state index in [9.17, 15) is 9.90 Å². The molecule has 0 radical (unpaired) electrons. The minimum Gasteiger partial charge on any atom is -0.493 e. The van der Waals surface area contributed by atoms with Crippen LogP contribution >= 0.6 is 27.5 Å². The number of allylic oxidation sites excluding steroid dienone is 2. The molecular formula is C27H23BrClNO4. The molecular weight excluding hydrogens is 518 g/mol. The van der Waals surface area contributed by atoms with Crippen molar-refractivity contribution in [1.29, 1.82) is 0 Å².